The lowest BCUT2D eigenvalue weighted by molar-refractivity contribution is -0.146. The molecule has 1 saturated heterocycles. The molecular formula is C29H25ClFN3O3. The van der Waals surface area contributed by atoms with E-state index in [4.69, 9.17) is 21.3 Å². The fourth-order valence-corrected chi connectivity index (χ4v) is 5.06. The van der Waals surface area contributed by atoms with Crippen LogP contribution in [0.2, 0.25) is 5.02 Å². The van der Waals surface area contributed by atoms with Crippen molar-refractivity contribution in [2.24, 2.45) is 0 Å². The second kappa shape index (κ2) is 10.7. The standard InChI is InChI=1S/C29H25ClFN3O3/c1-37-29(36)27-14-19(16-34(27)17-22-23(30)11-7-12-24(22)31)32-28(35)21-15-26(18-8-3-2-4-9-18)33-25-13-6-5-10-20(21)25/h2-13,15,19,27H,14,16-17H2,1H3,(H,32,35)/t19-,27+/m1/s1. The van der Waals surface area contributed by atoms with Crippen molar-refractivity contribution >= 4 is 34.4 Å². The summed E-state index contributed by atoms with van der Waals surface area (Å²) in [6.07, 6.45) is 0.332. The van der Waals surface area contributed by atoms with E-state index < -0.39 is 17.8 Å². The number of amides is 1. The van der Waals surface area contributed by atoms with Crippen LogP contribution in [0.4, 0.5) is 4.39 Å². The lowest BCUT2D eigenvalue weighted by atomic mass is 10.0. The Morgan fingerprint density at radius 1 is 1.08 bits per heavy atom. The second-order valence-corrected chi connectivity index (χ2v) is 9.42. The molecule has 1 amide bonds. The van der Waals surface area contributed by atoms with Crippen LogP contribution in [0.3, 0.4) is 0 Å². The predicted molar refractivity (Wildman–Crippen MR) is 141 cm³/mol. The van der Waals surface area contributed by atoms with Gasteiger partial charge in [-0.3, -0.25) is 14.5 Å². The zero-order valence-electron chi connectivity index (χ0n) is 20.2. The molecule has 0 aliphatic carbocycles. The summed E-state index contributed by atoms with van der Waals surface area (Å²) in [6.45, 7) is 0.457. The highest BCUT2D eigenvalue weighted by Crippen LogP contribution is 2.28. The third-order valence-corrected chi connectivity index (χ3v) is 7.02. The van der Waals surface area contributed by atoms with Crippen LogP contribution in [0.1, 0.15) is 22.3 Å². The topological polar surface area (TPSA) is 71.5 Å². The lowest BCUT2D eigenvalue weighted by Gasteiger charge is -2.23. The summed E-state index contributed by atoms with van der Waals surface area (Å²) in [6, 6.07) is 22.4. The van der Waals surface area contributed by atoms with Gasteiger partial charge in [-0.1, -0.05) is 66.2 Å². The van der Waals surface area contributed by atoms with Gasteiger partial charge < -0.3 is 10.1 Å². The fraction of sp³-hybridized carbons (Fsp3) is 0.207. The van der Waals surface area contributed by atoms with Crippen LogP contribution >= 0.6 is 11.6 Å². The predicted octanol–water partition coefficient (Wildman–Crippen LogP) is 5.24. The van der Waals surface area contributed by atoms with Crippen molar-refractivity contribution in [2.45, 2.75) is 25.0 Å². The minimum absolute atomic E-state index is 0.119. The molecule has 1 N–H and O–H groups in total. The van der Waals surface area contributed by atoms with Gasteiger partial charge in [0.15, 0.2) is 0 Å². The van der Waals surface area contributed by atoms with Gasteiger partial charge >= 0.3 is 5.97 Å². The maximum Gasteiger partial charge on any atom is 0.323 e. The van der Waals surface area contributed by atoms with Gasteiger partial charge in [0.05, 0.1) is 23.9 Å². The van der Waals surface area contributed by atoms with E-state index in [-0.39, 0.29) is 23.5 Å². The minimum atomic E-state index is -0.639. The number of carbonyl (C=O) groups is 2. The molecule has 0 unspecified atom stereocenters. The summed E-state index contributed by atoms with van der Waals surface area (Å²) in [5.41, 5.74) is 3.11. The van der Waals surface area contributed by atoms with Crippen LogP contribution in [0.25, 0.3) is 22.2 Å². The molecule has 5 rings (SSSR count). The summed E-state index contributed by atoms with van der Waals surface area (Å²) in [5, 5.41) is 4.10. The zero-order chi connectivity index (χ0) is 25.9. The quantitative estimate of drug-likeness (QED) is 0.354. The number of hydrogen-bond acceptors (Lipinski definition) is 5. The number of carbonyl (C=O) groups excluding carboxylic acids is 2. The number of methoxy groups -OCH3 is 1. The molecule has 1 fully saturated rings. The molecule has 0 spiro atoms. The molecule has 1 aliphatic rings. The molecule has 0 radical (unpaired) electrons. The third-order valence-electron chi connectivity index (χ3n) is 6.67. The summed E-state index contributed by atoms with van der Waals surface area (Å²) in [4.78, 5) is 32.7. The molecule has 1 aliphatic heterocycles. The maximum absolute atomic E-state index is 14.5. The third kappa shape index (κ3) is 5.19. The average Bonchev–Trinajstić information content (AvgIpc) is 3.32. The van der Waals surface area contributed by atoms with Gasteiger partial charge in [0, 0.05) is 40.7 Å². The molecule has 8 heteroatoms. The van der Waals surface area contributed by atoms with Crippen molar-refractivity contribution in [1.29, 1.82) is 0 Å². The summed E-state index contributed by atoms with van der Waals surface area (Å²) >= 11 is 6.23. The smallest absolute Gasteiger partial charge is 0.323 e. The summed E-state index contributed by atoms with van der Waals surface area (Å²) < 4.78 is 19.5. The first-order chi connectivity index (χ1) is 17.9. The number of nitrogens with zero attached hydrogens (tertiary/aromatic N) is 2. The molecule has 0 saturated carbocycles. The monoisotopic (exact) mass is 517 g/mol. The van der Waals surface area contributed by atoms with Gasteiger partial charge in [-0.2, -0.15) is 0 Å². The molecule has 37 heavy (non-hydrogen) atoms. The van der Waals surface area contributed by atoms with Crippen LogP contribution in [0.5, 0.6) is 0 Å². The number of pyridine rings is 1. The number of nitrogens with one attached hydrogen (secondary N) is 1. The number of aromatic nitrogens is 1. The van der Waals surface area contributed by atoms with E-state index >= 15 is 0 Å². The number of fused-ring (bicyclic) bond motifs is 1. The highest BCUT2D eigenvalue weighted by atomic mass is 35.5. The van der Waals surface area contributed by atoms with Gasteiger partial charge in [0.2, 0.25) is 0 Å². The van der Waals surface area contributed by atoms with E-state index in [0.717, 1.165) is 10.9 Å². The Balaban J connectivity index is 1.42. The van der Waals surface area contributed by atoms with Crippen molar-refractivity contribution in [3.63, 3.8) is 0 Å². The SMILES string of the molecule is COC(=O)[C@@H]1C[C@@H](NC(=O)c2cc(-c3ccccc3)nc3ccccc23)CN1Cc1c(F)cccc1Cl. The lowest BCUT2D eigenvalue weighted by Crippen LogP contribution is -2.38. The van der Waals surface area contributed by atoms with Crippen LogP contribution in [-0.4, -0.2) is 47.5 Å². The molecular weight excluding hydrogens is 493 g/mol. The van der Waals surface area contributed by atoms with Crippen molar-refractivity contribution in [2.75, 3.05) is 13.7 Å². The van der Waals surface area contributed by atoms with Gasteiger partial charge in [-0.15, -0.1) is 0 Å². The van der Waals surface area contributed by atoms with Gasteiger partial charge in [0.1, 0.15) is 11.9 Å². The van der Waals surface area contributed by atoms with Crippen molar-refractivity contribution < 1.29 is 18.7 Å². The molecule has 3 aromatic carbocycles. The number of hydrogen-bond donors (Lipinski definition) is 1. The Morgan fingerprint density at radius 3 is 2.59 bits per heavy atom. The van der Waals surface area contributed by atoms with Crippen molar-refractivity contribution in [3.05, 3.63) is 101 Å². The Bertz CT molecular complexity index is 1440. The number of rotatable bonds is 6. The van der Waals surface area contributed by atoms with E-state index in [2.05, 4.69) is 5.32 Å². The number of esters is 1. The Morgan fingerprint density at radius 2 is 1.84 bits per heavy atom. The first kappa shape index (κ1) is 24.9. The van der Waals surface area contributed by atoms with Crippen LogP contribution in [-0.2, 0) is 16.1 Å². The minimum Gasteiger partial charge on any atom is -0.468 e. The number of benzene rings is 3. The van der Waals surface area contributed by atoms with E-state index in [1.165, 1.54) is 19.2 Å². The maximum atomic E-state index is 14.5. The van der Waals surface area contributed by atoms with Crippen LogP contribution < -0.4 is 5.32 Å². The zero-order valence-corrected chi connectivity index (χ0v) is 20.9. The molecule has 1 aromatic heterocycles. The van der Waals surface area contributed by atoms with Gasteiger partial charge in [0.25, 0.3) is 5.91 Å². The van der Waals surface area contributed by atoms with Crippen LogP contribution in [0.15, 0.2) is 78.9 Å². The van der Waals surface area contributed by atoms with E-state index in [9.17, 15) is 14.0 Å². The van der Waals surface area contributed by atoms with E-state index in [0.29, 0.717) is 35.3 Å². The van der Waals surface area contributed by atoms with Gasteiger partial charge in [-0.25, -0.2) is 9.37 Å². The number of halogens is 2. The second-order valence-electron chi connectivity index (χ2n) is 9.01. The molecule has 2 heterocycles. The summed E-state index contributed by atoms with van der Waals surface area (Å²) in [7, 11) is 1.32. The summed E-state index contributed by atoms with van der Waals surface area (Å²) in [5.74, 6) is -1.15. The van der Waals surface area contributed by atoms with Crippen LogP contribution in [0, 0.1) is 5.82 Å². The van der Waals surface area contributed by atoms with Crippen molar-refractivity contribution in [3.8, 4) is 11.3 Å². The molecule has 4 aromatic rings. The average molecular weight is 518 g/mol. The fourth-order valence-electron chi connectivity index (χ4n) is 4.83. The highest BCUT2D eigenvalue weighted by Gasteiger charge is 2.39. The molecule has 2 atom stereocenters. The normalized spacial score (nSPS) is 17.6. The Labute approximate surface area is 219 Å². The Kier molecular flexibility index (Phi) is 7.17. The Hall–Kier alpha value is -3.81. The largest absolute Gasteiger partial charge is 0.468 e. The highest BCUT2D eigenvalue weighted by molar-refractivity contribution is 6.31. The number of ether oxygens (including phenoxy) is 1. The molecule has 0 bridgehead atoms. The molecule has 6 nitrogen and oxygen atoms in total. The van der Waals surface area contributed by atoms with E-state index in [1.807, 2.05) is 54.6 Å². The first-order valence-electron chi connectivity index (χ1n) is 12.0. The first-order valence-corrected chi connectivity index (χ1v) is 12.3. The number of para-hydroxylation sites is 1. The van der Waals surface area contributed by atoms with E-state index in [1.54, 1.807) is 17.0 Å². The van der Waals surface area contributed by atoms with Crippen molar-refractivity contribution in [1.82, 2.24) is 15.2 Å². The van der Waals surface area contributed by atoms with Gasteiger partial charge in [-0.05, 0) is 30.7 Å². The molecule has 188 valence electrons. The number of likely N-dealkylation sites (tertiary alicyclic amines) is 1.